The Balaban J connectivity index is 1.59. The molecule has 1 aromatic carbocycles. The number of nitrogens with one attached hydrogen (secondary N) is 2. The highest BCUT2D eigenvalue weighted by Crippen LogP contribution is 2.16. The van der Waals surface area contributed by atoms with Gasteiger partial charge in [0.25, 0.3) is 0 Å². The molecule has 6 nitrogen and oxygen atoms in total. The summed E-state index contributed by atoms with van der Waals surface area (Å²) in [4.78, 5) is 12.7. The minimum absolute atomic E-state index is 0.207. The molecule has 0 atom stereocenters. The SMILES string of the molecule is CN=C(NCc1ccnc(-n2ccnc2)c1)NCc1ccc(F)cc1CSC. The number of thioether (sulfide) groups is 1. The van der Waals surface area contributed by atoms with Gasteiger partial charge >= 0.3 is 0 Å². The van der Waals surface area contributed by atoms with Crippen molar-refractivity contribution >= 4 is 17.7 Å². The third-order valence-electron chi connectivity index (χ3n) is 4.18. The van der Waals surface area contributed by atoms with Crippen molar-refractivity contribution < 1.29 is 4.39 Å². The van der Waals surface area contributed by atoms with Crippen molar-refractivity contribution in [2.24, 2.45) is 4.99 Å². The lowest BCUT2D eigenvalue weighted by molar-refractivity contribution is 0.625. The summed E-state index contributed by atoms with van der Waals surface area (Å²) in [7, 11) is 1.73. The molecule has 3 aromatic rings. The summed E-state index contributed by atoms with van der Waals surface area (Å²) >= 11 is 1.67. The highest BCUT2D eigenvalue weighted by atomic mass is 32.2. The number of guanidine groups is 1. The summed E-state index contributed by atoms with van der Waals surface area (Å²) in [6.07, 6.45) is 9.08. The molecule has 0 bridgehead atoms. The number of nitrogens with zero attached hydrogens (tertiary/aromatic N) is 4. The van der Waals surface area contributed by atoms with Crippen molar-refractivity contribution in [3.05, 3.63) is 77.8 Å². The number of rotatable bonds is 7. The number of benzene rings is 1. The number of halogens is 1. The lowest BCUT2D eigenvalue weighted by Crippen LogP contribution is -2.36. The fraction of sp³-hybridized carbons (Fsp3) is 0.250. The Morgan fingerprint density at radius 2 is 2.00 bits per heavy atom. The van der Waals surface area contributed by atoms with Crippen LogP contribution in [0.25, 0.3) is 5.82 Å². The number of hydrogen-bond donors (Lipinski definition) is 2. The maximum atomic E-state index is 13.5. The van der Waals surface area contributed by atoms with Gasteiger partial charge in [-0.1, -0.05) is 6.07 Å². The zero-order valence-corrected chi connectivity index (χ0v) is 16.7. The first-order chi connectivity index (χ1) is 13.7. The quantitative estimate of drug-likeness (QED) is 0.473. The van der Waals surface area contributed by atoms with Crippen LogP contribution in [0.15, 0.2) is 60.2 Å². The first-order valence-corrected chi connectivity index (χ1v) is 10.2. The second kappa shape index (κ2) is 9.89. The Morgan fingerprint density at radius 1 is 1.14 bits per heavy atom. The van der Waals surface area contributed by atoms with Crippen LogP contribution in [0.3, 0.4) is 0 Å². The molecule has 2 heterocycles. The van der Waals surface area contributed by atoms with E-state index in [-0.39, 0.29) is 5.82 Å². The average Bonchev–Trinajstić information content (AvgIpc) is 3.25. The first-order valence-electron chi connectivity index (χ1n) is 8.83. The van der Waals surface area contributed by atoms with Crippen LogP contribution in [0.1, 0.15) is 16.7 Å². The van der Waals surface area contributed by atoms with Gasteiger partial charge in [0.15, 0.2) is 5.96 Å². The molecule has 8 heteroatoms. The number of imidazole rings is 1. The monoisotopic (exact) mass is 398 g/mol. The second-order valence-electron chi connectivity index (χ2n) is 6.12. The normalized spacial score (nSPS) is 11.5. The largest absolute Gasteiger partial charge is 0.352 e. The van der Waals surface area contributed by atoms with Gasteiger partial charge in [-0.15, -0.1) is 0 Å². The number of aromatic nitrogens is 3. The second-order valence-corrected chi connectivity index (χ2v) is 6.98. The highest BCUT2D eigenvalue weighted by Gasteiger charge is 2.06. The van der Waals surface area contributed by atoms with Gasteiger partial charge in [-0.2, -0.15) is 11.8 Å². The molecule has 0 aliphatic heterocycles. The van der Waals surface area contributed by atoms with E-state index >= 15 is 0 Å². The summed E-state index contributed by atoms with van der Waals surface area (Å²) in [5.41, 5.74) is 3.13. The topological polar surface area (TPSA) is 67.1 Å². The van der Waals surface area contributed by atoms with Gasteiger partial charge in [0.2, 0.25) is 0 Å². The van der Waals surface area contributed by atoms with Crippen LogP contribution in [0, 0.1) is 5.82 Å². The van der Waals surface area contributed by atoms with Gasteiger partial charge in [0.1, 0.15) is 18.0 Å². The van der Waals surface area contributed by atoms with E-state index in [1.54, 1.807) is 43.6 Å². The highest BCUT2D eigenvalue weighted by molar-refractivity contribution is 7.97. The molecule has 0 unspecified atom stereocenters. The molecule has 3 rings (SSSR count). The molecule has 2 N–H and O–H groups in total. The van der Waals surface area contributed by atoms with Crippen LogP contribution >= 0.6 is 11.8 Å². The molecule has 0 fully saturated rings. The Morgan fingerprint density at radius 3 is 2.75 bits per heavy atom. The number of hydrogen-bond acceptors (Lipinski definition) is 4. The first kappa shape index (κ1) is 19.9. The van der Waals surface area contributed by atoms with Crippen molar-refractivity contribution in [2.45, 2.75) is 18.8 Å². The van der Waals surface area contributed by atoms with Crippen LogP contribution in [0.5, 0.6) is 0 Å². The maximum absolute atomic E-state index is 13.5. The van der Waals surface area contributed by atoms with E-state index in [0.717, 1.165) is 28.3 Å². The molecule has 0 aliphatic rings. The van der Waals surface area contributed by atoms with E-state index < -0.39 is 0 Å². The average molecular weight is 399 g/mol. The Labute approximate surface area is 168 Å². The Hall–Kier alpha value is -2.87. The standard InChI is InChI=1S/C20H23FN6S/c1-22-20(26-12-16-3-4-18(21)10-17(16)13-28-2)25-11-15-5-6-24-19(9-15)27-8-7-23-14-27/h3-10,14H,11-13H2,1-2H3,(H2,22,25,26). The van der Waals surface area contributed by atoms with E-state index in [0.29, 0.717) is 19.0 Å². The van der Waals surface area contributed by atoms with Crippen molar-refractivity contribution in [3.63, 3.8) is 0 Å². The molecule has 2 aromatic heterocycles. The van der Waals surface area contributed by atoms with Crippen LogP contribution in [0.4, 0.5) is 4.39 Å². The molecule has 146 valence electrons. The van der Waals surface area contributed by atoms with E-state index in [4.69, 9.17) is 0 Å². The molecule has 0 radical (unpaired) electrons. The van der Waals surface area contributed by atoms with Crippen LogP contribution < -0.4 is 10.6 Å². The van der Waals surface area contributed by atoms with Gasteiger partial charge in [-0.3, -0.25) is 9.56 Å². The molecule has 28 heavy (non-hydrogen) atoms. The lowest BCUT2D eigenvalue weighted by atomic mass is 10.1. The Bertz CT molecular complexity index is 926. The summed E-state index contributed by atoms with van der Waals surface area (Å²) in [5, 5.41) is 6.59. The minimum Gasteiger partial charge on any atom is -0.352 e. The summed E-state index contributed by atoms with van der Waals surface area (Å²) in [5.74, 6) is 2.06. The van der Waals surface area contributed by atoms with Gasteiger partial charge in [0, 0.05) is 44.5 Å². The van der Waals surface area contributed by atoms with E-state index in [1.807, 2.05) is 35.2 Å². The molecule has 0 saturated carbocycles. The van der Waals surface area contributed by atoms with Gasteiger partial charge < -0.3 is 10.6 Å². The van der Waals surface area contributed by atoms with Gasteiger partial charge in [-0.05, 0) is 47.2 Å². The summed E-state index contributed by atoms with van der Waals surface area (Å²) < 4.78 is 15.4. The summed E-state index contributed by atoms with van der Waals surface area (Å²) in [6, 6.07) is 8.86. The lowest BCUT2D eigenvalue weighted by Gasteiger charge is -2.14. The fourth-order valence-corrected chi connectivity index (χ4v) is 3.33. The van der Waals surface area contributed by atoms with Crippen molar-refractivity contribution in [2.75, 3.05) is 13.3 Å². The number of aliphatic imine (C=N–C) groups is 1. The third-order valence-corrected chi connectivity index (χ3v) is 4.78. The van der Waals surface area contributed by atoms with Crippen LogP contribution in [-0.2, 0) is 18.8 Å². The van der Waals surface area contributed by atoms with Gasteiger partial charge in [-0.25, -0.2) is 14.4 Å². The van der Waals surface area contributed by atoms with E-state index in [2.05, 4.69) is 25.6 Å². The molecular weight excluding hydrogens is 375 g/mol. The molecule has 0 spiro atoms. The van der Waals surface area contributed by atoms with Crippen LogP contribution in [-0.4, -0.2) is 33.8 Å². The van der Waals surface area contributed by atoms with E-state index in [1.165, 1.54) is 6.07 Å². The fourth-order valence-electron chi connectivity index (χ4n) is 2.75. The van der Waals surface area contributed by atoms with E-state index in [9.17, 15) is 4.39 Å². The van der Waals surface area contributed by atoms with Crippen molar-refractivity contribution in [3.8, 4) is 5.82 Å². The molecular formula is C20H23FN6S. The molecule has 0 saturated heterocycles. The number of pyridine rings is 1. The zero-order valence-electron chi connectivity index (χ0n) is 15.9. The summed E-state index contributed by atoms with van der Waals surface area (Å²) in [6.45, 7) is 1.18. The maximum Gasteiger partial charge on any atom is 0.191 e. The minimum atomic E-state index is -0.207. The third kappa shape index (κ3) is 5.32. The van der Waals surface area contributed by atoms with Gasteiger partial charge in [0.05, 0.1) is 0 Å². The predicted molar refractivity (Wildman–Crippen MR) is 112 cm³/mol. The smallest absolute Gasteiger partial charge is 0.191 e. The zero-order chi connectivity index (χ0) is 19.8. The molecule has 0 aliphatic carbocycles. The van der Waals surface area contributed by atoms with Crippen molar-refractivity contribution in [1.29, 1.82) is 0 Å². The van der Waals surface area contributed by atoms with Crippen molar-refractivity contribution in [1.82, 2.24) is 25.2 Å². The Kier molecular flexibility index (Phi) is 7.02. The molecule has 0 amide bonds. The van der Waals surface area contributed by atoms with Crippen LogP contribution in [0.2, 0.25) is 0 Å². The predicted octanol–water partition coefficient (Wildman–Crippen LogP) is 3.13.